The van der Waals surface area contributed by atoms with Gasteiger partial charge in [-0.1, -0.05) is 11.6 Å². The molecule has 0 fully saturated rings. The Bertz CT molecular complexity index is 396. The second-order valence-electron chi connectivity index (χ2n) is 3.01. The van der Waals surface area contributed by atoms with Crippen LogP contribution >= 0.6 is 34.2 Å². The molecule has 4 nitrogen and oxygen atoms in total. The largest absolute Gasteiger partial charge is 0.270 e. The number of rotatable bonds is 4. The lowest BCUT2D eigenvalue weighted by Crippen LogP contribution is -2.07. The second-order valence-corrected chi connectivity index (χ2v) is 6.70. The molecule has 0 radical (unpaired) electrons. The van der Waals surface area contributed by atoms with E-state index < -0.39 is 9.84 Å². The maximum Gasteiger partial charge on any atom is 0.147 e. The summed E-state index contributed by atoms with van der Waals surface area (Å²) < 4.78 is 24.1. The third-order valence-corrected chi connectivity index (χ3v) is 4.00. The van der Waals surface area contributed by atoms with Gasteiger partial charge < -0.3 is 0 Å². The molecule has 80 valence electrons. The Kier molecular flexibility index (Phi) is 4.20. The molecule has 1 aromatic rings. The predicted octanol–water partition coefficient (Wildman–Crippen LogP) is 1.58. The van der Waals surface area contributed by atoms with E-state index in [0.717, 1.165) is 3.70 Å². The van der Waals surface area contributed by atoms with Crippen molar-refractivity contribution in [1.29, 1.82) is 0 Å². The van der Waals surface area contributed by atoms with Crippen LogP contribution < -0.4 is 0 Å². The first-order chi connectivity index (χ1) is 6.38. The van der Waals surface area contributed by atoms with Crippen LogP contribution in [0.5, 0.6) is 0 Å². The molecule has 1 heterocycles. The van der Waals surface area contributed by atoms with Gasteiger partial charge in [0.1, 0.15) is 13.5 Å². The number of sulfone groups is 1. The molecule has 0 bridgehead atoms. The quantitative estimate of drug-likeness (QED) is 0.776. The van der Waals surface area contributed by atoms with Gasteiger partial charge >= 0.3 is 0 Å². The van der Waals surface area contributed by atoms with E-state index in [0.29, 0.717) is 18.0 Å². The van der Waals surface area contributed by atoms with Crippen LogP contribution in [0.3, 0.4) is 0 Å². The SMILES string of the molecule is CS(=O)(=O)CCCn1cc(Cl)c(I)n1. The minimum Gasteiger partial charge on any atom is -0.270 e. The van der Waals surface area contributed by atoms with Crippen LogP contribution in [-0.4, -0.2) is 30.2 Å². The molecule has 0 aliphatic rings. The Balaban J connectivity index is 2.47. The summed E-state index contributed by atoms with van der Waals surface area (Å²) in [6.07, 6.45) is 3.49. The molecule has 1 aromatic heterocycles. The van der Waals surface area contributed by atoms with Crippen molar-refractivity contribution in [2.45, 2.75) is 13.0 Å². The summed E-state index contributed by atoms with van der Waals surface area (Å²) in [5, 5.41) is 4.71. The summed E-state index contributed by atoms with van der Waals surface area (Å²) in [5.41, 5.74) is 0. The van der Waals surface area contributed by atoms with Crippen LogP contribution in [0.4, 0.5) is 0 Å². The molecule has 0 saturated heterocycles. The lowest BCUT2D eigenvalue weighted by molar-refractivity contribution is 0.575. The van der Waals surface area contributed by atoms with E-state index in [1.807, 2.05) is 22.6 Å². The smallest absolute Gasteiger partial charge is 0.147 e. The van der Waals surface area contributed by atoms with Crippen LogP contribution in [0.15, 0.2) is 6.20 Å². The van der Waals surface area contributed by atoms with Crippen LogP contribution in [0, 0.1) is 3.70 Å². The van der Waals surface area contributed by atoms with Gasteiger partial charge in [0.25, 0.3) is 0 Å². The third kappa shape index (κ3) is 4.14. The number of hydrogen-bond acceptors (Lipinski definition) is 3. The molecule has 0 aliphatic heterocycles. The minimum atomic E-state index is -2.87. The molecule has 1 rings (SSSR count). The molecule has 0 N–H and O–H groups in total. The summed E-state index contributed by atoms with van der Waals surface area (Å²) >= 11 is 7.82. The molecule has 0 spiro atoms. The Morgan fingerprint density at radius 3 is 2.71 bits per heavy atom. The van der Waals surface area contributed by atoms with Crippen molar-refractivity contribution in [2.75, 3.05) is 12.0 Å². The van der Waals surface area contributed by atoms with Crippen LogP contribution in [-0.2, 0) is 16.4 Å². The van der Waals surface area contributed by atoms with Gasteiger partial charge in [0.2, 0.25) is 0 Å². The standard InChI is InChI=1S/C7H10ClIN2O2S/c1-14(12,13)4-2-3-11-5-6(8)7(9)10-11/h5H,2-4H2,1H3. The average molecular weight is 349 g/mol. The predicted molar refractivity (Wildman–Crippen MR) is 64.3 cm³/mol. The van der Waals surface area contributed by atoms with E-state index in [1.165, 1.54) is 6.26 Å². The zero-order valence-corrected chi connectivity index (χ0v) is 11.3. The summed E-state index contributed by atoms with van der Waals surface area (Å²) in [4.78, 5) is 0. The van der Waals surface area contributed by atoms with E-state index >= 15 is 0 Å². The fourth-order valence-corrected chi connectivity index (χ4v) is 2.20. The number of aromatic nitrogens is 2. The first kappa shape index (κ1) is 12.3. The Morgan fingerprint density at radius 2 is 2.29 bits per heavy atom. The lowest BCUT2D eigenvalue weighted by Gasteiger charge is -1.99. The summed E-state index contributed by atoms with van der Waals surface area (Å²) in [6.45, 7) is 0.579. The topological polar surface area (TPSA) is 52.0 Å². The van der Waals surface area contributed by atoms with E-state index in [4.69, 9.17) is 11.6 Å². The van der Waals surface area contributed by atoms with E-state index in [1.54, 1.807) is 10.9 Å². The fraction of sp³-hybridized carbons (Fsp3) is 0.571. The Morgan fingerprint density at radius 1 is 1.64 bits per heavy atom. The first-order valence-corrected chi connectivity index (χ1v) is 7.46. The normalized spacial score (nSPS) is 11.9. The Hall–Kier alpha value is 0.180. The monoisotopic (exact) mass is 348 g/mol. The number of nitrogens with zero attached hydrogens (tertiary/aromatic N) is 2. The van der Waals surface area contributed by atoms with Crippen LogP contribution in [0.25, 0.3) is 0 Å². The second kappa shape index (κ2) is 4.80. The third-order valence-electron chi connectivity index (χ3n) is 1.58. The maximum atomic E-state index is 10.8. The molecule has 0 unspecified atom stereocenters. The molecule has 0 amide bonds. The molecule has 0 aromatic carbocycles. The van der Waals surface area contributed by atoms with Gasteiger partial charge in [-0.25, -0.2) is 8.42 Å². The highest BCUT2D eigenvalue weighted by atomic mass is 127. The maximum absolute atomic E-state index is 10.8. The van der Waals surface area contributed by atoms with Gasteiger partial charge in [-0.2, -0.15) is 5.10 Å². The van der Waals surface area contributed by atoms with Crippen molar-refractivity contribution >= 4 is 44.0 Å². The molecular formula is C7H10ClIN2O2S. The van der Waals surface area contributed by atoms with E-state index in [9.17, 15) is 8.42 Å². The minimum absolute atomic E-state index is 0.182. The summed E-state index contributed by atoms with van der Waals surface area (Å²) in [5.74, 6) is 0.182. The van der Waals surface area contributed by atoms with Crippen molar-refractivity contribution in [1.82, 2.24) is 9.78 Å². The first-order valence-electron chi connectivity index (χ1n) is 3.94. The number of aryl methyl sites for hydroxylation is 1. The van der Waals surface area contributed by atoms with Crippen molar-refractivity contribution < 1.29 is 8.42 Å². The highest BCUT2D eigenvalue weighted by Crippen LogP contribution is 2.15. The molecule has 14 heavy (non-hydrogen) atoms. The molecule has 0 atom stereocenters. The van der Waals surface area contributed by atoms with Crippen molar-refractivity contribution in [2.24, 2.45) is 0 Å². The van der Waals surface area contributed by atoms with Gasteiger partial charge in [-0.15, -0.1) is 0 Å². The molecule has 0 saturated carbocycles. The van der Waals surface area contributed by atoms with Crippen LogP contribution in [0.1, 0.15) is 6.42 Å². The zero-order chi connectivity index (χ0) is 10.8. The fourth-order valence-electron chi connectivity index (χ4n) is 0.977. The number of halogens is 2. The van der Waals surface area contributed by atoms with E-state index in [-0.39, 0.29) is 5.75 Å². The van der Waals surface area contributed by atoms with Crippen molar-refractivity contribution in [3.63, 3.8) is 0 Å². The summed E-state index contributed by atoms with van der Waals surface area (Å²) in [6, 6.07) is 0. The molecular weight excluding hydrogens is 339 g/mol. The van der Waals surface area contributed by atoms with Gasteiger partial charge in [0, 0.05) is 19.0 Å². The van der Waals surface area contributed by atoms with Crippen molar-refractivity contribution in [3.8, 4) is 0 Å². The Labute approximate surface area is 102 Å². The van der Waals surface area contributed by atoms with Gasteiger partial charge in [0.05, 0.1) is 10.8 Å². The zero-order valence-electron chi connectivity index (χ0n) is 7.57. The average Bonchev–Trinajstić information content (AvgIpc) is 2.28. The van der Waals surface area contributed by atoms with Gasteiger partial charge in [-0.05, 0) is 29.0 Å². The van der Waals surface area contributed by atoms with Crippen LogP contribution in [0.2, 0.25) is 5.02 Å². The molecule has 0 aliphatic carbocycles. The summed E-state index contributed by atoms with van der Waals surface area (Å²) in [7, 11) is -2.87. The van der Waals surface area contributed by atoms with E-state index in [2.05, 4.69) is 5.10 Å². The van der Waals surface area contributed by atoms with Gasteiger partial charge in [-0.3, -0.25) is 4.68 Å². The highest BCUT2D eigenvalue weighted by molar-refractivity contribution is 14.1. The van der Waals surface area contributed by atoms with Crippen molar-refractivity contribution in [3.05, 3.63) is 14.9 Å². The highest BCUT2D eigenvalue weighted by Gasteiger charge is 2.05. The lowest BCUT2D eigenvalue weighted by atomic mass is 10.5. The van der Waals surface area contributed by atoms with Gasteiger partial charge in [0.15, 0.2) is 0 Å². The number of hydrogen-bond donors (Lipinski definition) is 0. The molecule has 7 heteroatoms.